The Hall–Kier alpha value is -3.31. The minimum Gasteiger partial charge on any atom is -0.451 e. The highest BCUT2D eigenvalue weighted by molar-refractivity contribution is 7.90. The van der Waals surface area contributed by atoms with Gasteiger partial charge in [0.2, 0.25) is 0 Å². The highest BCUT2D eigenvalue weighted by Crippen LogP contribution is 2.24. The summed E-state index contributed by atoms with van der Waals surface area (Å²) in [6.07, 6.45) is 0. The molecule has 3 rings (SSSR count). The van der Waals surface area contributed by atoms with E-state index < -0.39 is 15.9 Å². The van der Waals surface area contributed by atoms with E-state index in [0.29, 0.717) is 11.0 Å². The van der Waals surface area contributed by atoms with Gasteiger partial charge in [-0.15, -0.1) is 0 Å². The van der Waals surface area contributed by atoms with Crippen molar-refractivity contribution in [1.29, 1.82) is 5.26 Å². The molecule has 3 aromatic rings. The van der Waals surface area contributed by atoms with Crippen molar-refractivity contribution in [3.05, 3.63) is 59.9 Å². The van der Waals surface area contributed by atoms with Crippen LogP contribution in [0, 0.1) is 11.3 Å². The van der Waals surface area contributed by atoms with Gasteiger partial charge in [0.25, 0.3) is 10.0 Å². The fourth-order valence-electron chi connectivity index (χ4n) is 2.43. The standard InChI is InChI=1S/C18H15N3O4S/c1-21(2)14-8-7-12-9-16(25-15(12)10-14)18(22)20-26(23,24)17-6-4-3-5-13(17)11-19/h3-10H,1-2H3,(H,20,22). The van der Waals surface area contributed by atoms with E-state index in [-0.39, 0.29) is 16.2 Å². The normalized spacial score (nSPS) is 11.1. The van der Waals surface area contributed by atoms with Crippen molar-refractivity contribution in [1.82, 2.24) is 4.72 Å². The number of hydrogen-bond acceptors (Lipinski definition) is 6. The van der Waals surface area contributed by atoms with Gasteiger partial charge in [-0.1, -0.05) is 12.1 Å². The number of anilines is 1. The van der Waals surface area contributed by atoms with Gasteiger partial charge in [-0.25, -0.2) is 13.1 Å². The summed E-state index contributed by atoms with van der Waals surface area (Å²) in [5, 5.41) is 9.73. The summed E-state index contributed by atoms with van der Waals surface area (Å²) in [5.74, 6) is -1.03. The Morgan fingerprint density at radius 2 is 1.88 bits per heavy atom. The molecule has 8 heteroatoms. The molecule has 0 aliphatic heterocycles. The number of benzene rings is 2. The van der Waals surface area contributed by atoms with Crippen LogP contribution in [-0.4, -0.2) is 28.4 Å². The van der Waals surface area contributed by atoms with Crippen LogP contribution in [0.4, 0.5) is 5.69 Å². The monoisotopic (exact) mass is 369 g/mol. The van der Waals surface area contributed by atoms with Crippen LogP contribution in [0.1, 0.15) is 16.1 Å². The van der Waals surface area contributed by atoms with Gasteiger partial charge in [0.15, 0.2) is 5.76 Å². The summed E-state index contributed by atoms with van der Waals surface area (Å²) < 4.78 is 32.3. The summed E-state index contributed by atoms with van der Waals surface area (Å²) >= 11 is 0. The lowest BCUT2D eigenvalue weighted by molar-refractivity contribution is 0.0956. The minimum absolute atomic E-state index is 0.0481. The van der Waals surface area contributed by atoms with Gasteiger partial charge in [0.1, 0.15) is 16.5 Å². The molecule has 7 nitrogen and oxygen atoms in total. The Kier molecular flexibility index (Phi) is 4.40. The number of hydrogen-bond donors (Lipinski definition) is 1. The Bertz CT molecular complexity index is 1140. The largest absolute Gasteiger partial charge is 0.451 e. The Balaban J connectivity index is 1.92. The molecular formula is C18H15N3O4S. The molecule has 0 bridgehead atoms. The maximum absolute atomic E-state index is 12.4. The first-order valence-electron chi connectivity index (χ1n) is 7.59. The molecule has 0 spiro atoms. The molecule has 1 amide bonds. The lowest BCUT2D eigenvalue weighted by Crippen LogP contribution is -2.30. The van der Waals surface area contributed by atoms with Crippen molar-refractivity contribution in [2.45, 2.75) is 4.90 Å². The van der Waals surface area contributed by atoms with E-state index in [1.54, 1.807) is 24.3 Å². The number of carbonyl (C=O) groups is 1. The molecule has 0 radical (unpaired) electrons. The predicted molar refractivity (Wildman–Crippen MR) is 96.4 cm³/mol. The fraction of sp³-hybridized carbons (Fsp3) is 0.111. The van der Waals surface area contributed by atoms with Gasteiger partial charge in [0.05, 0.1) is 5.56 Å². The van der Waals surface area contributed by atoms with Crippen molar-refractivity contribution >= 4 is 32.6 Å². The third-order valence-corrected chi connectivity index (χ3v) is 5.16. The summed E-state index contributed by atoms with van der Waals surface area (Å²) in [5.41, 5.74) is 1.30. The number of nitriles is 1. The van der Waals surface area contributed by atoms with Crippen molar-refractivity contribution < 1.29 is 17.6 Å². The molecule has 132 valence electrons. The molecule has 0 fully saturated rings. The summed E-state index contributed by atoms with van der Waals surface area (Å²) in [7, 11) is -0.456. The van der Waals surface area contributed by atoms with E-state index in [2.05, 4.69) is 0 Å². The Labute approximate surface area is 150 Å². The molecule has 1 N–H and O–H groups in total. The van der Waals surface area contributed by atoms with E-state index >= 15 is 0 Å². The number of nitrogens with zero attached hydrogens (tertiary/aromatic N) is 2. The Morgan fingerprint density at radius 3 is 2.58 bits per heavy atom. The lowest BCUT2D eigenvalue weighted by atomic mass is 10.2. The molecule has 0 aliphatic rings. The van der Waals surface area contributed by atoms with E-state index in [1.807, 2.05) is 29.8 Å². The van der Waals surface area contributed by atoms with Crippen molar-refractivity contribution in [3.8, 4) is 6.07 Å². The number of carbonyl (C=O) groups excluding carboxylic acids is 1. The number of furan rings is 1. The number of fused-ring (bicyclic) bond motifs is 1. The zero-order valence-corrected chi connectivity index (χ0v) is 14.9. The first-order chi connectivity index (χ1) is 12.3. The van der Waals surface area contributed by atoms with Crippen LogP contribution in [0.3, 0.4) is 0 Å². The number of nitrogens with one attached hydrogen (secondary N) is 1. The molecule has 26 heavy (non-hydrogen) atoms. The molecule has 0 saturated carbocycles. The zero-order valence-electron chi connectivity index (χ0n) is 14.1. The molecular weight excluding hydrogens is 354 g/mol. The van der Waals surface area contributed by atoms with Crippen molar-refractivity contribution in [3.63, 3.8) is 0 Å². The molecule has 0 unspecified atom stereocenters. The lowest BCUT2D eigenvalue weighted by Gasteiger charge is -2.11. The van der Waals surface area contributed by atoms with Crippen LogP contribution in [0.2, 0.25) is 0 Å². The number of amides is 1. The first-order valence-corrected chi connectivity index (χ1v) is 9.07. The van der Waals surface area contributed by atoms with Crippen LogP contribution in [0.15, 0.2) is 57.8 Å². The summed E-state index contributed by atoms with van der Waals surface area (Å²) in [6, 6.07) is 14.3. The van der Waals surface area contributed by atoms with Crippen LogP contribution >= 0.6 is 0 Å². The van der Waals surface area contributed by atoms with E-state index in [9.17, 15) is 13.2 Å². The first kappa shape index (κ1) is 17.5. The second-order valence-electron chi connectivity index (χ2n) is 5.77. The SMILES string of the molecule is CN(C)c1ccc2cc(C(=O)NS(=O)(=O)c3ccccc3C#N)oc2c1. The third kappa shape index (κ3) is 3.25. The van der Waals surface area contributed by atoms with Crippen molar-refractivity contribution in [2.75, 3.05) is 19.0 Å². The average Bonchev–Trinajstić information content (AvgIpc) is 3.04. The minimum atomic E-state index is -4.20. The number of rotatable bonds is 4. The topological polar surface area (TPSA) is 103 Å². The van der Waals surface area contributed by atoms with Gasteiger partial charge in [-0.2, -0.15) is 5.26 Å². The molecule has 1 aromatic heterocycles. The summed E-state index contributed by atoms with van der Waals surface area (Å²) in [4.78, 5) is 14.0. The van der Waals surface area contributed by atoms with Crippen LogP contribution in [-0.2, 0) is 10.0 Å². The highest BCUT2D eigenvalue weighted by Gasteiger charge is 2.23. The molecule has 0 saturated heterocycles. The molecule has 0 aliphatic carbocycles. The highest BCUT2D eigenvalue weighted by atomic mass is 32.2. The van der Waals surface area contributed by atoms with Gasteiger partial charge in [-0.3, -0.25) is 4.79 Å². The Morgan fingerprint density at radius 1 is 1.15 bits per heavy atom. The van der Waals surface area contributed by atoms with Crippen LogP contribution < -0.4 is 9.62 Å². The maximum atomic E-state index is 12.4. The molecule has 1 heterocycles. The van der Waals surface area contributed by atoms with Crippen LogP contribution in [0.5, 0.6) is 0 Å². The van der Waals surface area contributed by atoms with Gasteiger partial charge in [0, 0.05) is 31.2 Å². The van der Waals surface area contributed by atoms with Gasteiger partial charge >= 0.3 is 5.91 Å². The van der Waals surface area contributed by atoms with E-state index in [0.717, 1.165) is 5.69 Å². The molecule has 2 aromatic carbocycles. The zero-order chi connectivity index (χ0) is 18.9. The second-order valence-corrected chi connectivity index (χ2v) is 7.42. The molecule has 0 atom stereocenters. The summed E-state index contributed by atoms with van der Waals surface area (Å²) in [6.45, 7) is 0. The quantitative estimate of drug-likeness (QED) is 0.758. The maximum Gasteiger partial charge on any atom is 0.300 e. The van der Waals surface area contributed by atoms with Crippen molar-refractivity contribution in [2.24, 2.45) is 0 Å². The smallest absolute Gasteiger partial charge is 0.300 e. The third-order valence-electron chi connectivity index (χ3n) is 3.77. The van der Waals surface area contributed by atoms with Crippen LogP contribution in [0.25, 0.3) is 11.0 Å². The van der Waals surface area contributed by atoms with E-state index in [4.69, 9.17) is 9.68 Å². The predicted octanol–water partition coefficient (Wildman–Crippen LogP) is 2.49. The fourth-order valence-corrected chi connectivity index (χ4v) is 3.55. The second kappa shape index (κ2) is 6.54. The average molecular weight is 369 g/mol. The van der Waals surface area contributed by atoms with Gasteiger partial charge in [-0.05, 0) is 30.3 Å². The van der Waals surface area contributed by atoms with Gasteiger partial charge < -0.3 is 9.32 Å². The number of sulfonamides is 1. The van der Waals surface area contributed by atoms with E-state index in [1.165, 1.54) is 24.3 Å².